The van der Waals surface area contributed by atoms with Crippen LogP contribution in [-0.4, -0.2) is 29.2 Å². The molecule has 0 spiro atoms. The third-order valence-corrected chi connectivity index (χ3v) is 4.36. The summed E-state index contributed by atoms with van der Waals surface area (Å²) in [5.41, 5.74) is 5.13. The van der Waals surface area contributed by atoms with Crippen molar-refractivity contribution in [3.05, 3.63) is 0 Å². The maximum absolute atomic E-state index is 11.8. The summed E-state index contributed by atoms with van der Waals surface area (Å²) >= 11 is 0. The van der Waals surface area contributed by atoms with E-state index in [0.29, 0.717) is 12.5 Å². The van der Waals surface area contributed by atoms with Crippen LogP contribution in [0.5, 0.6) is 0 Å². The fourth-order valence-electron chi connectivity index (χ4n) is 2.36. The summed E-state index contributed by atoms with van der Waals surface area (Å²) < 4.78 is 0. The molecule has 2 unspecified atom stereocenters. The highest BCUT2D eigenvalue weighted by Crippen LogP contribution is 2.31. The Balaban J connectivity index is 2.38. The predicted molar refractivity (Wildman–Crippen MR) is 73.0 cm³/mol. The monoisotopic (exact) mass is 256 g/mol. The number of carbonyl (C=O) groups is 1. The SMILES string of the molecule is CCC(C)C(N)C(=O)NCC1(O)CCC(C)CC1. The molecule has 1 fully saturated rings. The topological polar surface area (TPSA) is 75.4 Å². The minimum atomic E-state index is -0.725. The first-order valence-corrected chi connectivity index (χ1v) is 7.13. The molecule has 1 rings (SSSR count). The third-order valence-electron chi connectivity index (χ3n) is 4.36. The number of amides is 1. The Bertz CT molecular complexity index is 273. The highest BCUT2D eigenvalue weighted by Gasteiger charge is 2.32. The standard InChI is InChI=1S/C14H28N2O2/c1-4-11(3)12(15)13(17)16-9-14(18)7-5-10(2)6-8-14/h10-12,18H,4-9,15H2,1-3H3,(H,16,17). The summed E-state index contributed by atoms with van der Waals surface area (Å²) in [7, 11) is 0. The second-order valence-corrected chi connectivity index (χ2v) is 6.04. The molecule has 0 saturated heterocycles. The molecule has 0 radical (unpaired) electrons. The second-order valence-electron chi connectivity index (χ2n) is 6.04. The van der Waals surface area contributed by atoms with Gasteiger partial charge in [0.15, 0.2) is 0 Å². The molecule has 1 saturated carbocycles. The van der Waals surface area contributed by atoms with Crippen LogP contribution < -0.4 is 11.1 Å². The van der Waals surface area contributed by atoms with Gasteiger partial charge < -0.3 is 16.2 Å². The van der Waals surface area contributed by atoms with E-state index in [1.54, 1.807) is 0 Å². The number of aliphatic hydroxyl groups is 1. The number of carbonyl (C=O) groups excluding carboxylic acids is 1. The van der Waals surface area contributed by atoms with Gasteiger partial charge in [-0.25, -0.2) is 0 Å². The van der Waals surface area contributed by atoms with Gasteiger partial charge in [-0.1, -0.05) is 27.2 Å². The summed E-state index contributed by atoms with van der Waals surface area (Å²) in [5.74, 6) is 0.714. The maximum atomic E-state index is 11.8. The minimum absolute atomic E-state index is 0.142. The molecule has 0 aromatic rings. The van der Waals surface area contributed by atoms with E-state index in [4.69, 9.17) is 5.73 Å². The predicted octanol–water partition coefficient (Wildman–Crippen LogP) is 1.42. The molecule has 0 aliphatic heterocycles. The lowest BCUT2D eigenvalue weighted by atomic mass is 9.79. The van der Waals surface area contributed by atoms with Crippen molar-refractivity contribution in [2.75, 3.05) is 6.54 Å². The molecule has 106 valence electrons. The van der Waals surface area contributed by atoms with Crippen LogP contribution in [0.25, 0.3) is 0 Å². The lowest BCUT2D eigenvalue weighted by molar-refractivity contribution is -0.125. The zero-order chi connectivity index (χ0) is 13.8. The van der Waals surface area contributed by atoms with Crippen LogP contribution >= 0.6 is 0 Å². The fraction of sp³-hybridized carbons (Fsp3) is 0.929. The van der Waals surface area contributed by atoms with E-state index in [9.17, 15) is 9.90 Å². The molecule has 0 heterocycles. The smallest absolute Gasteiger partial charge is 0.237 e. The van der Waals surface area contributed by atoms with E-state index < -0.39 is 11.6 Å². The van der Waals surface area contributed by atoms with Crippen molar-refractivity contribution in [3.63, 3.8) is 0 Å². The molecular formula is C14H28N2O2. The van der Waals surface area contributed by atoms with E-state index in [2.05, 4.69) is 12.2 Å². The summed E-state index contributed by atoms with van der Waals surface area (Å²) in [6.45, 7) is 6.54. The summed E-state index contributed by atoms with van der Waals surface area (Å²) in [6, 6.07) is -0.471. The van der Waals surface area contributed by atoms with E-state index in [1.807, 2.05) is 13.8 Å². The highest BCUT2D eigenvalue weighted by molar-refractivity contribution is 5.81. The lowest BCUT2D eigenvalue weighted by Crippen LogP contribution is -2.51. The van der Waals surface area contributed by atoms with Crippen molar-refractivity contribution >= 4 is 5.91 Å². The van der Waals surface area contributed by atoms with Crippen molar-refractivity contribution in [2.45, 2.75) is 64.5 Å². The van der Waals surface area contributed by atoms with E-state index in [0.717, 1.165) is 32.1 Å². The van der Waals surface area contributed by atoms with Crippen molar-refractivity contribution in [3.8, 4) is 0 Å². The largest absolute Gasteiger partial charge is 0.388 e. The molecule has 0 aromatic heterocycles. The number of nitrogens with one attached hydrogen (secondary N) is 1. The van der Waals surface area contributed by atoms with Crippen LogP contribution in [-0.2, 0) is 4.79 Å². The number of hydrogen-bond donors (Lipinski definition) is 3. The van der Waals surface area contributed by atoms with Gasteiger partial charge in [0.05, 0.1) is 11.6 Å². The molecule has 0 bridgehead atoms. The molecule has 1 amide bonds. The Kier molecular flexibility index (Phi) is 5.60. The fourth-order valence-corrected chi connectivity index (χ4v) is 2.36. The Morgan fingerprint density at radius 3 is 2.56 bits per heavy atom. The highest BCUT2D eigenvalue weighted by atomic mass is 16.3. The first-order valence-electron chi connectivity index (χ1n) is 7.13. The van der Waals surface area contributed by atoms with Crippen molar-refractivity contribution < 1.29 is 9.90 Å². The number of hydrogen-bond acceptors (Lipinski definition) is 3. The molecule has 4 N–H and O–H groups in total. The van der Waals surface area contributed by atoms with E-state index in [1.165, 1.54) is 0 Å². The van der Waals surface area contributed by atoms with Crippen LogP contribution in [0.2, 0.25) is 0 Å². The number of rotatable bonds is 5. The van der Waals surface area contributed by atoms with Gasteiger partial charge in [-0.3, -0.25) is 4.79 Å². The van der Waals surface area contributed by atoms with Crippen molar-refractivity contribution in [1.82, 2.24) is 5.32 Å². The van der Waals surface area contributed by atoms with Gasteiger partial charge in [-0.2, -0.15) is 0 Å². The average molecular weight is 256 g/mol. The molecule has 4 nitrogen and oxygen atoms in total. The minimum Gasteiger partial charge on any atom is -0.388 e. The zero-order valence-corrected chi connectivity index (χ0v) is 11.9. The summed E-state index contributed by atoms with van der Waals surface area (Å²) in [6.07, 6.45) is 4.49. The molecular weight excluding hydrogens is 228 g/mol. The van der Waals surface area contributed by atoms with Gasteiger partial charge >= 0.3 is 0 Å². The van der Waals surface area contributed by atoms with E-state index in [-0.39, 0.29) is 11.8 Å². The van der Waals surface area contributed by atoms with Crippen LogP contribution in [0.15, 0.2) is 0 Å². The maximum Gasteiger partial charge on any atom is 0.237 e. The van der Waals surface area contributed by atoms with Gasteiger partial charge in [0.1, 0.15) is 0 Å². The van der Waals surface area contributed by atoms with Crippen molar-refractivity contribution in [1.29, 1.82) is 0 Å². The van der Waals surface area contributed by atoms with Gasteiger partial charge in [0.2, 0.25) is 5.91 Å². The lowest BCUT2D eigenvalue weighted by Gasteiger charge is -2.35. The second kappa shape index (κ2) is 6.53. The quantitative estimate of drug-likeness (QED) is 0.696. The van der Waals surface area contributed by atoms with Gasteiger partial charge in [0, 0.05) is 6.54 Å². The van der Waals surface area contributed by atoms with E-state index >= 15 is 0 Å². The van der Waals surface area contributed by atoms with Gasteiger partial charge in [0.25, 0.3) is 0 Å². The van der Waals surface area contributed by atoms with Crippen LogP contribution in [0.3, 0.4) is 0 Å². The Morgan fingerprint density at radius 1 is 1.50 bits per heavy atom. The zero-order valence-electron chi connectivity index (χ0n) is 11.9. The normalized spacial score (nSPS) is 31.7. The Labute approximate surface area is 110 Å². The summed E-state index contributed by atoms with van der Waals surface area (Å²) in [4.78, 5) is 11.8. The van der Waals surface area contributed by atoms with Crippen LogP contribution in [0.1, 0.15) is 52.9 Å². The van der Waals surface area contributed by atoms with Crippen molar-refractivity contribution in [2.24, 2.45) is 17.6 Å². The molecule has 1 aliphatic carbocycles. The molecule has 4 heteroatoms. The van der Waals surface area contributed by atoms with Crippen LogP contribution in [0, 0.1) is 11.8 Å². The Hall–Kier alpha value is -0.610. The molecule has 0 aromatic carbocycles. The van der Waals surface area contributed by atoms with Gasteiger partial charge in [-0.15, -0.1) is 0 Å². The average Bonchev–Trinajstić information content (AvgIpc) is 2.38. The third kappa shape index (κ3) is 4.25. The summed E-state index contributed by atoms with van der Waals surface area (Å²) in [5, 5.41) is 13.2. The molecule has 18 heavy (non-hydrogen) atoms. The Morgan fingerprint density at radius 2 is 2.06 bits per heavy atom. The molecule has 2 atom stereocenters. The first kappa shape index (κ1) is 15.4. The molecule has 1 aliphatic rings. The van der Waals surface area contributed by atoms with Gasteiger partial charge in [-0.05, 0) is 37.5 Å². The number of nitrogens with two attached hydrogens (primary N) is 1. The van der Waals surface area contributed by atoms with Crippen LogP contribution in [0.4, 0.5) is 0 Å². The first-order chi connectivity index (χ1) is 8.38.